The molecule has 1 aliphatic heterocycles. The molecular formula is C24H35F2N5O2S. The molecule has 1 saturated carbocycles. The van der Waals surface area contributed by atoms with Crippen molar-refractivity contribution >= 4 is 17.2 Å². The molecule has 0 saturated heterocycles. The summed E-state index contributed by atoms with van der Waals surface area (Å²) in [4.78, 5) is 20.3. The first-order valence-corrected chi connectivity index (χ1v) is 13.1. The highest BCUT2D eigenvalue weighted by molar-refractivity contribution is 7.13. The second-order valence-corrected chi connectivity index (χ2v) is 10.8. The lowest BCUT2D eigenvalue weighted by atomic mass is 9.84. The maximum atomic E-state index is 13.0. The summed E-state index contributed by atoms with van der Waals surface area (Å²) in [5, 5.41) is 7.88. The van der Waals surface area contributed by atoms with Gasteiger partial charge < -0.3 is 10.1 Å². The minimum atomic E-state index is -2.85. The Labute approximate surface area is 203 Å². The van der Waals surface area contributed by atoms with Crippen LogP contribution in [0.2, 0.25) is 0 Å². The zero-order valence-electron chi connectivity index (χ0n) is 20.1. The van der Waals surface area contributed by atoms with Crippen molar-refractivity contribution in [3.8, 4) is 5.19 Å². The minimum Gasteiger partial charge on any atom is -0.464 e. The summed E-state index contributed by atoms with van der Waals surface area (Å²) in [5.74, 6) is -2.06. The highest BCUT2D eigenvalue weighted by Gasteiger charge is 2.27. The molecule has 2 aromatic heterocycles. The van der Waals surface area contributed by atoms with Crippen molar-refractivity contribution in [3.05, 3.63) is 28.5 Å². The summed E-state index contributed by atoms with van der Waals surface area (Å²) in [7, 11) is 0. The normalized spacial score (nSPS) is 21.3. The summed E-state index contributed by atoms with van der Waals surface area (Å²) in [6.45, 7) is 5.54. The van der Waals surface area contributed by atoms with E-state index in [0.29, 0.717) is 24.1 Å². The lowest BCUT2D eigenvalue weighted by molar-refractivity contribution is -0.122. The number of aromatic nitrogens is 3. The Morgan fingerprint density at radius 2 is 2.09 bits per heavy atom. The molecule has 34 heavy (non-hydrogen) atoms. The molecule has 4 rings (SSSR count). The summed E-state index contributed by atoms with van der Waals surface area (Å²) in [6, 6.07) is 2.23. The van der Waals surface area contributed by atoms with Crippen LogP contribution in [-0.2, 0) is 24.3 Å². The van der Waals surface area contributed by atoms with Crippen molar-refractivity contribution in [1.82, 2.24) is 25.0 Å². The van der Waals surface area contributed by atoms with E-state index in [1.54, 1.807) is 0 Å². The van der Waals surface area contributed by atoms with Gasteiger partial charge in [-0.25, -0.2) is 13.8 Å². The van der Waals surface area contributed by atoms with Crippen LogP contribution in [0.4, 0.5) is 8.78 Å². The Morgan fingerprint density at radius 1 is 1.29 bits per heavy atom. The van der Waals surface area contributed by atoms with Crippen molar-refractivity contribution < 1.29 is 18.3 Å². The maximum absolute atomic E-state index is 13.0. The lowest BCUT2D eigenvalue weighted by Gasteiger charge is -2.32. The standard InChI is InChI=1S/C24H35F2N5O2S/c1-17-7-13-31(29-17)14-10-22(32)27-19-5-3-18(4-6-19)8-11-30-12-9-21-20(15-30)28-23(34-21)33-16-24(2,25)26/h7,13,18-19H,3-6,8-12,14-16H2,1-2H3,(H,27,32)/t18-,19-. The highest BCUT2D eigenvalue weighted by atomic mass is 32.1. The Bertz CT molecular complexity index is 950. The second-order valence-electron chi connectivity index (χ2n) is 9.78. The molecule has 0 unspecified atom stereocenters. The first-order chi connectivity index (χ1) is 16.2. The van der Waals surface area contributed by atoms with E-state index >= 15 is 0 Å². The number of fused-ring (bicyclic) bond motifs is 1. The van der Waals surface area contributed by atoms with E-state index in [4.69, 9.17) is 4.74 Å². The van der Waals surface area contributed by atoms with Crippen molar-refractivity contribution in [3.63, 3.8) is 0 Å². The Morgan fingerprint density at radius 3 is 2.79 bits per heavy atom. The number of alkyl halides is 2. The average Bonchev–Trinajstić information content (AvgIpc) is 3.40. The number of carbonyl (C=O) groups is 1. The smallest absolute Gasteiger partial charge is 0.278 e. The van der Waals surface area contributed by atoms with Gasteiger partial charge in [0.15, 0.2) is 6.61 Å². The van der Waals surface area contributed by atoms with Crippen molar-refractivity contribution in [1.29, 1.82) is 0 Å². The molecule has 2 aliphatic rings. The minimum absolute atomic E-state index is 0.106. The summed E-state index contributed by atoms with van der Waals surface area (Å²) >= 11 is 1.40. The second kappa shape index (κ2) is 11.1. The zero-order valence-corrected chi connectivity index (χ0v) is 20.9. The number of halogens is 2. The summed E-state index contributed by atoms with van der Waals surface area (Å²) < 4.78 is 33.1. The predicted molar refractivity (Wildman–Crippen MR) is 127 cm³/mol. The van der Waals surface area contributed by atoms with E-state index in [-0.39, 0.29) is 11.9 Å². The average molecular weight is 496 g/mol. The SMILES string of the molecule is Cc1ccn(CCC(=O)N[C@H]2CC[C@H](CCN3CCc4sc(OCC(C)(F)F)nc4C3)CC2)n1. The Kier molecular flexibility index (Phi) is 8.18. The molecule has 10 heteroatoms. The van der Waals surface area contributed by atoms with Gasteiger partial charge in [-0.2, -0.15) is 5.10 Å². The monoisotopic (exact) mass is 495 g/mol. The number of ether oxygens (including phenoxy) is 1. The van der Waals surface area contributed by atoms with E-state index in [9.17, 15) is 13.6 Å². The van der Waals surface area contributed by atoms with Crippen LogP contribution in [0, 0.1) is 12.8 Å². The molecular weight excluding hydrogens is 460 g/mol. The molecule has 7 nitrogen and oxygen atoms in total. The molecule has 1 fully saturated rings. The zero-order chi connectivity index (χ0) is 24.1. The molecule has 0 bridgehead atoms. The molecule has 0 radical (unpaired) electrons. The van der Waals surface area contributed by atoms with Crippen LogP contribution in [0.15, 0.2) is 12.3 Å². The number of hydrogen-bond donors (Lipinski definition) is 1. The first kappa shape index (κ1) is 25.0. The van der Waals surface area contributed by atoms with Gasteiger partial charge in [0.25, 0.3) is 11.1 Å². The number of rotatable bonds is 10. The van der Waals surface area contributed by atoms with Gasteiger partial charge in [-0.1, -0.05) is 11.3 Å². The fourth-order valence-corrected chi connectivity index (χ4v) is 5.64. The van der Waals surface area contributed by atoms with Gasteiger partial charge in [0.2, 0.25) is 5.91 Å². The molecule has 188 valence electrons. The number of amides is 1. The number of carbonyl (C=O) groups excluding carboxylic acids is 1. The van der Waals surface area contributed by atoms with Gasteiger partial charge in [-0.05, 0) is 64.0 Å². The molecule has 0 spiro atoms. The third kappa shape index (κ3) is 7.46. The van der Waals surface area contributed by atoms with Gasteiger partial charge in [0, 0.05) is 50.1 Å². The van der Waals surface area contributed by atoms with Crippen LogP contribution in [0.5, 0.6) is 5.19 Å². The van der Waals surface area contributed by atoms with Crippen LogP contribution in [0.25, 0.3) is 0 Å². The number of aryl methyl sites for hydroxylation is 2. The van der Waals surface area contributed by atoms with Crippen LogP contribution < -0.4 is 10.1 Å². The van der Waals surface area contributed by atoms with Gasteiger partial charge in [-0.3, -0.25) is 14.4 Å². The van der Waals surface area contributed by atoms with Crippen molar-refractivity contribution in [2.24, 2.45) is 5.92 Å². The van der Waals surface area contributed by atoms with Gasteiger partial charge in [0.1, 0.15) is 0 Å². The van der Waals surface area contributed by atoms with Gasteiger partial charge in [-0.15, -0.1) is 0 Å². The van der Waals surface area contributed by atoms with E-state index in [0.717, 1.165) is 81.3 Å². The molecule has 2 aromatic rings. The third-order valence-corrected chi connectivity index (χ3v) is 7.71. The molecule has 1 N–H and O–H groups in total. The molecule has 0 atom stereocenters. The van der Waals surface area contributed by atoms with Crippen molar-refractivity contribution in [2.75, 3.05) is 19.7 Å². The van der Waals surface area contributed by atoms with Gasteiger partial charge >= 0.3 is 0 Å². The molecule has 1 aliphatic carbocycles. The van der Waals surface area contributed by atoms with Crippen molar-refractivity contribution in [2.45, 2.75) is 83.8 Å². The van der Waals surface area contributed by atoms with E-state index in [2.05, 4.69) is 20.3 Å². The topological polar surface area (TPSA) is 72.3 Å². The number of thiazole rings is 1. The Hall–Kier alpha value is -2.07. The highest BCUT2D eigenvalue weighted by Crippen LogP contribution is 2.32. The lowest BCUT2D eigenvalue weighted by Crippen LogP contribution is -2.38. The predicted octanol–water partition coefficient (Wildman–Crippen LogP) is 4.20. The number of nitrogens with one attached hydrogen (secondary N) is 1. The third-order valence-electron chi connectivity index (χ3n) is 6.64. The van der Waals surface area contributed by atoms with E-state index in [1.807, 2.05) is 23.9 Å². The van der Waals surface area contributed by atoms with E-state index in [1.165, 1.54) is 11.3 Å². The van der Waals surface area contributed by atoms with Crippen LogP contribution in [-0.4, -0.2) is 57.2 Å². The molecule has 1 amide bonds. The fourth-order valence-electron chi connectivity index (χ4n) is 4.73. The van der Waals surface area contributed by atoms with Crippen LogP contribution >= 0.6 is 11.3 Å². The largest absolute Gasteiger partial charge is 0.464 e. The quantitative estimate of drug-likeness (QED) is 0.535. The number of nitrogens with zero attached hydrogens (tertiary/aromatic N) is 4. The van der Waals surface area contributed by atoms with Crippen LogP contribution in [0.3, 0.4) is 0 Å². The summed E-state index contributed by atoms with van der Waals surface area (Å²) in [5.41, 5.74) is 1.94. The Balaban J connectivity index is 1.12. The van der Waals surface area contributed by atoms with Gasteiger partial charge in [0.05, 0.1) is 11.4 Å². The summed E-state index contributed by atoms with van der Waals surface area (Å²) in [6.07, 6.45) is 8.77. The van der Waals surface area contributed by atoms with E-state index < -0.39 is 12.5 Å². The number of hydrogen-bond acceptors (Lipinski definition) is 6. The molecule has 0 aromatic carbocycles. The fraction of sp³-hybridized carbons (Fsp3) is 0.708. The maximum Gasteiger partial charge on any atom is 0.278 e. The first-order valence-electron chi connectivity index (χ1n) is 12.2. The van der Waals surface area contributed by atoms with Crippen LogP contribution in [0.1, 0.15) is 61.7 Å². The molecule has 3 heterocycles.